The Kier molecular flexibility index (Phi) is 10.1. The van der Waals surface area contributed by atoms with Crippen LogP contribution in [-0.4, -0.2) is 78.7 Å². The molecular formula is C24H28F3N3O5. The molecule has 1 saturated heterocycles. The van der Waals surface area contributed by atoms with E-state index in [2.05, 4.69) is 5.32 Å². The van der Waals surface area contributed by atoms with Crippen LogP contribution in [0.1, 0.15) is 21.5 Å². The monoisotopic (exact) mass is 495 g/mol. The minimum absolute atomic E-state index is 0.0228. The molecule has 1 heterocycles. The van der Waals surface area contributed by atoms with Gasteiger partial charge in [-0.2, -0.15) is 13.2 Å². The van der Waals surface area contributed by atoms with Gasteiger partial charge in [0.25, 0.3) is 5.91 Å². The summed E-state index contributed by atoms with van der Waals surface area (Å²) in [6.07, 6.45) is -5.08. The Labute approximate surface area is 201 Å². The van der Waals surface area contributed by atoms with Crippen LogP contribution in [0.3, 0.4) is 0 Å². The van der Waals surface area contributed by atoms with E-state index in [1.165, 1.54) is 0 Å². The topological polar surface area (TPSA) is 99.2 Å². The van der Waals surface area contributed by atoms with Crippen LogP contribution in [0.15, 0.2) is 48.5 Å². The van der Waals surface area contributed by atoms with E-state index in [0.29, 0.717) is 30.9 Å². The summed E-state index contributed by atoms with van der Waals surface area (Å²) in [6.45, 7) is 5.37. The lowest BCUT2D eigenvalue weighted by Gasteiger charge is -2.30. The van der Waals surface area contributed by atoms with Crippen molar-refractivity contribution >= 4 is 17.8 Å². The maximum Gasteiger partial charge on any atom is 0.490 e. The van der Waals surface area contributed by atoms with Crippen LogP contribution >= 0.6 is 0 Å². The fourth-order valence-corrected chi connectivity index (χ4v) is 3.35. The van der Waals surface area contributed by atoms with E-state index >= 15 is 0 Å². The normalized spacial score (nSPS) is 13.3. The zero-order chi connectivity index (χ0) is 26.0. The van der Waals surface area contributed by atoms with Crippen LogP contribution in [0.4, 0.5) is 13.2 Å². The number of nitrogens with one attached hydrogen (secondary N) is 1. The Bertz CT molecular complexity index is 1020. The van der Waals surface area contributed by atoms with Crippen molar-refractivity contribution in [3.05, 3.63) is 65.2 Å². The summed E-state index contributed by atoms with van der Waals surface area (Å²) >= 11 is 0. The second-order valence-electron chi connectivity index (χ2n) is 7.82. The summed E-state index contributed by atoms with van der Waals surface area (Å²) in [7, 11) is 1.57. The fraction of sp³-hybridized carbons (Fsp3) is 0.375. The van der Waals surface area contributed by atoms with Gasteiger partial charge >= 0.3 is 12.1 Å². The minimum Gasteiger partial charge on any atom is -0.497 e. The number of piperazine rings is 1. The molecule has 0 spiro atoms. The molecule has 11 heteroatoms. The van der Waals surface area contributed by atoms with Gasteiger partial charge in [-0.3, -0.25) is 9.59 Å². The molecule has 0 radical (unpaired) electrons. The molecule has 2 aromatic carbocycles. The molecule has 0 aromatic heterocycles. The maximum absolute atomic E-state index is 13.2. The lowest BCUT2D eigenvalue weighted by molar-refractivity contribution is -0.192. The molecular weight excluding hydrogens is 467 g/mol. The largest absolute Gasteiger partial charge is 0.497 e. The molecule has 0 saturated carbocycles. The van der Waals surface area contributed by atoms with Crippen molar-refractivity contribution in [2.24, 2.45) is 0 Å². The SMILES string of the molecule is COc1cccc(C(=O)N(CC(=O)N2CCNCC2)Cc2cccc(C)c2)c1.O=C(O)C(F)(F)F. The third-order valence-corrected chi connectivity index (χ3v) is 5.10. The van der Waals surface area contributed by atoms with Gasteiger partial charge in [-0.05, 0) is 30.7 Å². The summed E-state index contributed by atoms with van der Waals surface area (Å²) in [4.78, 5) is 38.3. The smallest absolute Gasteiger partial charge is 0.490 e. The number of alkyl halides is 3. The van der Waals surface area contributed by atoms with E-state index in [1.54, 1.807) is 36.3 Å². The number of nitrogens with zero attached hydrogens (tertiary/aromatic N) is 2. The molecule has 0 aliphatic carbocycles. The van der Waals surface area contributed by atoms with Crippen molar-refractivity contribution in [1.29, 1.82) is 0 Å². The Balaban J connectivity index is 0.000000540. The fourth-order valence-electron chi connectivity index (χ4n) is 3.35. The summed E-state index contributed by atoms with van der Waals surface area (Å²) < 4.78 is 37.0. The van der Waals surface area contributed by atoms with E-state index in [1.807, 2.05) is 36.1 Å². The highest BCUT2D eigenvalue weighted by molar-refractivity contribution is 5.96. The van der Waals surface area contributed by atoms with Crippen LogP contribution in [-0.2, 0) is 16.1 Å². The van der Waals surface area contributed by atoms with Gasteiger partial charge in [0, 0.05) is 38.3 Å². The van der Waals surface area contributed by atoms with E-state index in [4.69, 9.17) is 14.6 Å². The Morgan fingerprint density at radius 1 is 1.09 bits per heavy atom. The number of hydrogen-bond donors (Lipinski definition) is 2. The number of aliphatic carboxylic acids is 1. The number of carboxylic acid groups (broad SMARTS) is 1. The van der Waals surface area contributed by atoms with E-state index in [0.717, 1.165) is 24.2 Å². The van der Waals surface area contributed by atoms with Crippen LogP contribution in [0.2, 0.25) is 0 Å². The van der Waals surface area contributed by atoms with Crippen molar-refractivity contribution in [2.45, 2.75) is 19.6 Å². The third kappa shape index (κ3) is 8.93. The first-order valence-electron chi connectivity index (χ1n) is 10.8. The average molecular weight is 495 g/mol. The number of halogens is 3. The van der Waals surface area contributed by atoms with Crippen molar-refractivity contribution in [1.82, 2.24) is 15.1 Å². The molecule has 190 valence electrons. The van der Waals surface area contributed by atoms with Crippen LogP contribution in [0.5, 0.6) is 5.75 Å². The molecule has 2 aromatic rings. The molecule has 1 aliphatic rings. The highest BCUT2D eigenvalue weighted by Gasteiger charge is 2.38. The van der Waals surface area contributed by atoms with Gasteiger partial charge in [-0.1, -0.05) is 35.9 Å². The number of benzene rings is 2. The molecule has 0 unspecified atom stereocenters. The molecule has 0 atom stereocenters. The molecule has 3 rings (SSSR count). The number of hydrogen-bond acceptors (Lipinski definition) is 5. The third-order valence-electron chi connectivity index (χ3n) is 5.10. The molecule has 0 bridgehead atoms. The highest BCUT2D eigenvalue weighted by Crippen LogP contribution is 2.17. The molecule has 1 fully saturated rings. The molecule has 2 N–H and O–H groups in total. The quantitative estimate of drug-likeness (QED) is 0.640. The van der Waals surface area contributed by atoms with E-state index in [-0.39, 0.29) is 18.4 Å². The second kappa shape index (κ2) is 12.7. The molecule has 2 amide bonds. The number of carbonyl (C=O) groups excluding carboxylic acids is 2. The van der Waals surface area contributed by atoms with Gasteiger partial charge < -0.3 is 25.0 Å². The van der Waals surface area contributed by atoms with E-state index < -0.39 is 12.1 Å². The molecule has 8 nitrogen and oxygen atoms in total. The average Bonchev–Trinajstić information content (AvgIpc) is 2.83. The highest BCUT2D eigenvalue weighted by atomic mass is 19.4. The zero-order valence-electron chi connectivity index (χ0n) is 19.5. The summed E-state index contributed by atoms with van der Waals surface area (Å²) in [6, 6.07) is 15.1. The van der Waals surface area contributed by atoms with Crippen molar-refractivity contribution in [2.75, 3.05) is 39.8 Å². The Morgan fingerprint density at radius 3 is 2.29 bits per heavy atom. The standard InChI is InChI=1S/C22H27N3O3.C2HF3O2/c1-17-5-3-6-18(13-17)15-25(16-21(26)24-11-9-23-10-12-24)22(27)19-7-4-8-20(14-19)28-2;3-2(4,5)1(6)7/h3-8,13-14,23H,9-12,15-16H2,1-2H3;(H,6,7). The Morgan fingerprint density at radius 2 is 1.71 bits per heavy atom. The first kappa shape index (κ1) is 27.6. The number of carbonyl (C=O) groups is 3. The summed E-state index contributed by atoms with van der Waals surface area (Å²) in [5, 5.41) is 10.4. The number of aryl methyl sites for hydroxylation is 1. The lowest BCUT2D eigenvalue weighted by atomic mass is 10.1. The molecule has 1 aliphatic heterocycles. The van der Waals surface area contributed by atoms with Crippen LogP contribution < -0.4 is 10.1 Å². The number of carboxylic acids is 1. The lowest BCUT2D eigenvalue weighted by Crippen LogP contribution is -2.50. The van der Waals surface area contributed by atoms with Crippen molar-refractivity contribution in [3.8, 4) is 5.75 Å². The van der Waals surface area contributed by atoms with Gasteiger partial charge in [0.15, 0.2) is 0 Å². The number of amides is 2. The van der Waals surface area contributed by atoms with Crippen LogP contribution in [0, 0.1) is 6.92 Å². The van der Waals surface area contributed by atoms with Gasteiger partial charge in [-0.25, -0.2) is 4.79 Å². The number of methoxy groups -OCH3 is 1. The van der Waals surface area contributed by atoms with Crippen molar-refractivity contribution < 1.29 is 37.4 Å². The Hall–Kier alpha value is -3.60. The number of ether oxygens (including phenoxy) is 1. The summed E-state index contributed by atoms with van der Waals surface area (Å²) in [5.41, 5.74) is 2.64. The van der Waals surface area contributed by atoms with E-state index in [9.17, 15) is 22.8 Å². The van der Waals surface area contributed by atoms with Crippen LogP contribution in [0.25, 0.3) is 0 Å². The van der Waals surface area contributed by atoms with Gasteiger partial charge in [0.05, 0.1) is 7.11 Å². The predicted octanol–water partition coefficient (Wildman–Crippen LogP) is 2.71. The first-order chi connectivity index (χ1) is 16.5. The van der Waals surface area contributed by atoms with Gasteiger partial charge in [-0.15, -0.1) is 0 Å². The molecule has 35 heavy (non-hydrogen) atoms. The first-order valence-corrected chi connectivity index (χ1v) is 10.8. The van der Waals surface area contributed by atoms with Gasteiger partial charge in [0.1, 0.15) is 12.3 Å². The predicted molar refractivity (Wildman–Crippen MR) is 122 cm³/mol. The van der Waals surface area contributed by atoms with Crippen molar-refractivity contribution in [3.63, 3.8) is 0 Å². The minimum atomic E-state index is -5.08. The van der Waals surface area contributed by atoms with Gasteiger partial charge in [0.2, 0.25) is 5.91 Å². The number of rotatable bonds is 6. The maximum atomic E-state index is 13.2. The zero-order valence-corrected chi connectivity index (χ0v) is 19.5. The summed E-state index contributed by atoms with van der Waals surface area (Å²) in [5.74, 6) is -2.34. The second-order valence-corrected chi connectivity index (χ2v) is 7.82.